The van der Waals surface area contributed by atoms with Crippen molar-refractivity contribution in [3.05, 3.63) is 36.0 Å². The SMILES string of the molecule is COc1ccc(-c2cc(C(=O)N3CCOCC3)ccn2)c(OC)c1OC. The molecule has 1 saturated heterocycles. The Balaban J connectivity index is 1.99. The molecule has 2 heterocycles. The molecule has 138 valence electrons. The summed E-state index contributed by atoms with van der Waals surface area (Å²) in [7, 11) is 4.68. The van der Waals surface area contributed by atoms with Crippen molar-refractivity contribution >= 4 is 5.91 Å². The molecule has 0 saturated carbocycles. The molecule has 1 aromatic carbocycles. The molecule has 26 heavy (non-hydrogen) atoms. The van der Waals surface area contributed by atoms with Gasteiger partial charge in [-0.15, -0.1) is 0 Å². The molecule has 7 nitrogen and oxygen atoms in total. The molecule has 0 bridgehead atoms. The maximum Gasteiger partial charge on any atom is 0.254 e. The number of ether oxygens (including phenoxy) is 4. The lowest BCUT2D eigenvalue weighted by molar-refractivity contribution is 0.0303. The van der Waals surface area contributed by atoms with E-state index < -0.39 is 0 Å². The highest BCUT2D eigenvalue weighted by molar-refractivity contribution is 5.95. The summed E-state index contributed by atoms with van der Waals surface area (Å²) in [5.74, 6) is 1.53. The molecule has 7 heteroatoms. The van der Waals surface area contributed by atoms with Crippen LogP contribution < -0.4 is 14.2 Å². The number of hydrogen-bond acceptors (Lipinski definition) is 6. The lowest BCUT2D eigenvalue weighted by Gasteiger charge is -2.27. The van der Waals surface area contributed by atoms with Gasteiger partial charge in [0.2, 0.25) is 5.75 Å². The Morgan fingerprint density at radius 3 is 2.42 bits per heavy atom. The summed E-state index contributed by atoms with van der Waals surface area (Å²) in [4.78, 5) is 18.9. The van der Waals surface area contributed by atoms with Gasteiger partial charge >= 0.3 is 0 Å². The van der Waals surface area contributed by atoms with Crippen molar-refractivity contribution in [3.63, 3.8) is 0 Å². The van der Waals surface area contributed by atoms with Gasteiger partial charge in [0, 0.05) is 30.4 Å². The molecule has 1 aliphatic heterocycles. The van der Waals surface area contributed by atoms with Gasteiger partial charge in [-0.2, -0.15) is 0 Å². The number of methoxy groups -OCH3 is 3. The third kappa shape index (κ3) is 3.43. The van der Waals surface area contributed by atoms with Gasteiger partial charge in [-0.1, -0.05) is 0 Å². The van der Waals surface area contributed by atoms with E-state index >= 15 is 0 Å². The van der Waals surface area contributed by atoms with Crippen LogP contribution in [-0.2, 0) is 4.74 Å². The van der Waals surface area contributed by atoms with Crippen LogP contribution in [0.5, 0.6) is 17.2 Å². The van der Waals surface area contributed by atoms with Gasteiger partial charge in [0.15, 0.2) is 11.5 Å². The number of hydrogen-bond donors (Lipinski definition) is 0. The Hall–Kier alpha value is -2.80. The van der Waals surface area contributed by atoms with Crippen molar-refractivity contribution in [3.8, 4) is 28.5 Å². The van der Waals surface area contributed by atoms with Crippen LogP contribution in [-0.4, -0.2) is 63.4 Å². The lowest BCUT2D eigenvalue weighted by atomic mass is 10.1. The second kappa shape index (κ2) is 8.05. The maximum atomic E-state index is 12.7. The molecule has 0 N–H and O–H groups in total. The number of aromatic nitrogens is 1. The molecule has 0 aliphatic carbocycles. The van der Waals surface area contributed by atoms with Crippen molar-refractivity contribution in [2.45, 2.75) is 0 Å². The third-order valence-corrected chi connectivity index (χ3v) is 4.29. The lowest BCUT2D eigenvalue weighted by Crippen LogP contribution is -2.40. The van der Waals surface area contributed by atoms with E-state index in [-0.39, 0.29) is 5.91 Å². The first-order valence-electron chi connectivity index (χ1n) is 8.32. The number of pyridine rings is 1. The Bertz CT molecular complexity index is 787. The van der Waals surface area contributed by atoms with Crippen LogP contribution in [0.1, 0.15) is 10.4 Å². The summed E-state index contributed by atoms with van der Waals surface area (Å²) in [6.07, 6.45) is 1.62. The predicted octanol–water partition coefficient (Wildman–Crippen LogP) is 2.25. The molecule has 1 amide bonds. The molecule has 1 aliphatic rings. The first-order chi connectivity index (χ1) is 12.7. The number of carbonyl (C=O) groups is 1. The first kappa shape index (κ1) is 18.0. The average Bonchev–Trinajstić information content (AvgIpc) is 2.72. The van der Waals surface area contributed by atoms with E-state index in [1.54, 1.807) is 50.6 Å². The molecule has 2 aromatic rings. The zero-order valence-corrected chi connectivity index (χ0v) is 15.2. The molecule has 1 fully saturated rings. The Kier molecular flexibility index (Phi) is 5.58. The van der Waals surface area contributed by atoms with Gasteiger partial charge in [-0.05, 0) is 24.3 Å². The van der Waals surface area contributed by atoms with Gasteiger partial charge in [0.05, 0.1) is 40.2 Å². The molecular weight excluding hydrogens is 336 g/mol. The number of nitrogens with zero attached hydrogens (tertiary/aromatic N) is 2. The summed E-state index contributed by atoms with van der Waals surface area (Å²) in [5, 5.41) is 0. The summed E-state index contributed by atoms with van der Waals surface area (Å²) in [5.41, 5.74) is 1.93. The van der Waals surface area contributed by atoms with Crippen LogP contribution in [0.25, 0.3) is 11.3 Å². The molecular formula is C19H22N2O5. The largest absolute Gasteiger partial charge is 0.493 e. The Morgan fingerprint density at radius 1 is 1.04 bits per heavy atom. The highest BCUT2D eigenvalue weighted by Gasteiger charge is 2.21. The fourth-order valence-electron chi connectivity index (χ4n) is 2.96. The van der Waals surface area contributed by atoms with Crippen LogP contribution >= 0.6 is 0 Å². The Morgan fingerprint density at radius 2 is 1.77 bits per heavy atom. The van der Waals surface area contributed by atoms with E-state index in [0.29, 0.717) is 54.8 Å². The normalized spacial score (nSPS) is 14.0. The number of morpholine rings is 1. The van der Waals surface area contributed by atoms with Crippen LogP contribution in [0.2, 0.25) is 0 Å². The minimum absolute atomic E-state index is 0.0311. The summed E-state index contributed by atoms with van der Waals surface area (Å²) in [6.45, 7) is 2.31. The standard InChI is InChI=1S/C19H22N2O5/c1-23-16-5-4-14(17(24-2)18(16)25-3)15-12-13(6-7-20-15)19(22)21-8-10-26-11-9-21/h4-7,12H,8-11H2,1-3H3. The van der Waals surface area contributed by atoms with E-state index in [0.717, 1.165) is 5.56 Å². The second-order valence-corrected chi connectivity index (χ2v) is 5.72. The quantitative estimate of drug-likeness (QED) is 0.816. The summed E-state index contributed by atoms with van der Waals surface area (Å²) in [6, 6.07) is 7.11. The number of amides is 1. The van der Waals surface area contributed by atoms with Crippen LogP contribution in [0, 0.1) is 0 Å². The minimum Gasteiger partial charge on any atom is -0.493 e. The zero-order valence-electron chi connectivity index (χ0n) is 15.2. The fraction of sp³-hybridized carbons (Fsp3) is 0.368. The van der Waals surface area contributed by atoms with Gasteiger partial charge in [0.1, 0.15) is 0 Å². The van der Waals surface area contributed by atoms with Gasteiger partial charge in [-0.3, -0.25) is 9.78 Å². The van der Waals surface area contributed by atoms with E-state index in [1.165, 1.54) is 0 Å². The van der Waals surface area contributed by atoms with E-state index in [2.05, 4.69) is 4.98 Å². The van der Waals surface area contributed by atoms with Gasteiger partial charge in [0.25, 0.3) is 5.91 Å². The number of rotatable bonds is 5. The van der Waals surface area contributed by atoms with Crippen molar-refractivity contribution in [2.24, 2.45) is 0 Å². The summed E-state index contributed by atoms with van der Waals surface area (Å²) >= 11 is 0. The third-order valence-electron chi connectivity index (χ3n) is 4.29. The van der Waals surface area contributed by atoms with Crippen molar-refractivity contribution < 1.29 is 23.7 Å². The number of carbonyl (C=O) groups excluding carboxylic acids is 1. The highest BCUT2D eigenvalue weighted by atomic mass is 16.5. The zero-order chi connectivity index (χ0) is 18.5. The minimum atomic E-state index is -0.0311. The molecule has 0 radical (unpaired) electrons. The van der Waals surface area contributed by atoms with E-state index in [1.807, 2.05) is 6.07 Å². The van der Waals surface area contributed by atoms with Crippen LogP contribution in [0.15, 0.2) is 30.5 Å². The van der Waals surface area contributed by atoms with Crippen LogP contribution in [0.4, 0.5) is 0 Å². The van der Waals surface area contributed by atoms with Crippen molar-refractivity contribution in [1.29, 1.82) is 0 Å². The topological polar surface area (TPSA) is 70.1 Å². The highest BCUT2D eigenvalue weighted by Crippen LogP contribution is 2.43. The van der Waals surface area contributed by atoms with Gasteiger partial charge < -0.3 is 23.8 Å². The molecule has 0 atom stereocenters. The van der Waals surface area contributed by atoms with Crippen molar-refractivity contribution in [2.75, 3.05) is 47.6 Å². The average molecular weight is 358 g/mol. The first-order valence-corrected chi connectivity index (χ1v) is 8.32. The Labute approximate surface area is 152 Å². The summed E-state index contributed by atoms with van der Waals surface area (Å²) < 4.78 is 21.6. The molecule has 0 spiro atoms. The molecule has 3 rings (SSSR count). The molecule has 0 unspecified atom stereocenters. The fourth-order valence-corrected chi connectivity index (χ4v) is 2.96. The monoisotopic (exact) mass is 358 g/mol. The van der Waals surface area contributed by atoms with E-state index in [9.17, 15) is 4.79 Å². The number of benzene rings is 1. The smallest absolute Gasteiger partial charge is 0.254 e. The molecule has 1 aromatic heterocycles. The van der Waals surface area contributed by atoms with Crippen molar-refractivity contribution in [1.82, 2.24) is 9.88 Å². The maximum absolute atomic E-state index is 12.7. The van der Waals surface area contributed by atoms with E-state index in [4.69, 9.17) is 18.9 Å². The predicted molar refractivity (Wildman–Crippen MR) is 96.1 cm³/mol. The van der Waals surface area contributed by atoms with Crippen LogP contribution in [0.3, 0.4) is 0 Å². The van der Waals surface area contributed by atoms with Gasteiger partial charge in [-0.25, -0.2) is 0 Å². The second-order valence-electron chi connectivity index (χ2n) is 5.72.